The van der Waals surface area contributed by atoms with E-state index in [1.54, 1.807) is 0 Å². The van der Waals surface area contributed by atoms with Crippen molar-refractivity contribution >= 4 is 5.91 Å². The summed E-state index contributed by atoms with van der Waals surface area (Å²) in [6.07, 6.45) is 0. The van der Waals surface area contributed by atoms with E-state index < -0.39 is 0 Å². The molecule has 0 heterocycles. The smallest absolute Gasteiger partial charge is 0.222 e. The van der Waals surface area contributed by atoms with Crippen LogP contribution >= 0.6 is 0 Å². The summed E-state index contributed by atoms with van der Waals surface area (Å²) < 4.78 is 5.39. The lowest BCUT2D eigenvalue weighted by atomic mass is 10.2. The molecular formula is C13H35N3O2. The molecule has 0 spiro atoms. The van der Waals surface area contributed by atoms with Gasteiger partial charge in [-0.3, -0.25) is 4.79 Å². The predicted octanol–water partition coefficient (Wildman–Crippen LogP) is 1.10. The lowest BCUT2D eigenvalue weighted by Gasteiger charge is -2.10. The molecule has 0 aromatic heterocycles. The first-order valence-corrected chi connectivity index (χ1v) is 6.83. The molecule has 0 rings (SSSR count). The van der Waals surface area contributed by atoms with Crippen LogP contribution in [0.25, 0.3) is 0 Å². The zero-order chi connectivity index (χ0) is 13.8. The van der Waals surface area contributed by atoms with Crippen LogP contribution in [0.4, 0.5) is 0 Å². The van der Waals surface area contributed by atoms with Gasteiger partial charge in [-0.1, -0.05) is 27.7 Å². The van der Waals surface area contributed by atoms with Gasteiger partial charge >= 0.3 is 0 Å². The molecular weight excluding hydrogens is 230 g/mol. The SMILES string of the molecule is CC(C)NCCNCCOCCNC(=O)C(C)C.[HH].[HH].[HH]. The zero-order valence-electron chi connectivity index (χ0n) is 12.2. The van der Waals surface area contributed by atoms with Crippen molar-refractivity contribution in [3.63, 3.8) is 0 Å². The van der Waals surface area contributed by atoms with Crippen molar-refractivity contribution in [2.45, 2.75) is 33.7 Å². The van der Waals surface area contributed by atoms with E-state index in [1.165, 1.54) is 0 Å². The number of nitrogens with one attached hydrogen (secondary N) is 3. The van der Waals surface area contributed by atoms with Crippen molar-refractivity contribution in [2.24, 2.45) is 5.92 Å². The molecule has 0 aliphatic rings. The van der Waals surface area contributed by atoms with Gasteiger partial charge in [-0.15, -0.1) is 0 Å². The monoisotopic (exact) mass is 265 g/mol. The van der Waals surface area contributed by atoms with E-state index in [0.717, 1.165) is 19.6 Å². The van der Waals surface area contributed by atoms with Crippen LogP contribution in [0.2, 0.25) is 0 Å². The fraction of sp³-hybridized carbons (Fsp3) is 0.923. The molecule has 0 radical (unpaired) electrons. The molecule has 5 heteroatoms. The summed E-state index contributed by atoms with van der Waals surface area (Å²) in [7, 11) is 0. The fourth-order valence-corrected chi connectivity index (χ4v) is 1.27. The normalized spacial score (nSPS) is 11.2. The van der Waals surface area contributed by atoms with Gasteiger partial charge in [0.25, 0.3) is 0 Å². The topological polar surface area (TPSA) is 62.4 Å². The maximum absolute atomic E-state index is 11.2. The Kier molecular flexibility index (Phi) is 11.0. The van der Waals surface area contributed by atoms with Gasteiger partial charge in [0.05, 0.1) is 13.2 Å². The number of rotatable bonds is 11. The van der Waals surface area contributed by atoms with Gasteiger partial charge < -0.3 is 20.7 Å². The van der Waals surface area contributed by atoms with E-state index in [2.05, 4.69) is 29.8 Å². The summed E-state index contributed by atoms with van der Waals surface area (Å²) in [6.45, 7) is 12.6. The highest BCUT2D eigenvalue weighted by atomic mass is 16.5. The van der Waals surface area contributed by atoms with Gasteiger partial charge in [0.1, 0.15) is 0 Å². The van der Waals surface area contributed by atoms with E-state index in [4.69, 9.17) is 4.74 Å². The summed E-state index contributed by atoms with van der Waals surface area (Å²) >= 11 is 0. The Balaban J connectivity index is -0.000000482. The Bertz CT molecular complexity index is 221. The quantitative estimate of drug-likeness (QED) is 0.490. The minimum Gasteiger partial charge on any atom is -0.378 e. The van der Waals surface area contributed by atoms with Gasteiger partial charge in [0.2, 0.25) is 5.91 Å². The second kappa shape index (κ2) is 11.4. The van der Waals surface area contributed by atoms with Gasteiger partial charge in [0.15, 0.2) is 0 Å². The van der Waals surface area contributed by atoms with E-state index in [9.17, 15) is 4.79 Å². The molecule has 0 aromatic carbocycles. The molecule has 114 valence electrons. The van der Waals surface area contributed by atoms with Crippen LogP contribution in [0, 0.1) is 5.92 Å². The minimum atomic E-state index is 0. The molecule has 0 unspecified atom stereocenters. The number of carbonyl (C=O) groups excluding carboxylic acids is 1. The van der Waals surface area contributed by atoms with Crippen LogP contribution in [-0.2, 0) is 9.53 Å². The first-order valence-electron chi connectivity index (χ1n) is 6.83. The van der Waals surface area contributed by atoms with E-state index in [0.29, 0.717) is 25.8 Å². The maximum Gasteiger partial charge on any atom is 0.222 e. The highest BCUT2D eigenvalue weighted by molar-refractivity contribution is 5.77. The van der Waals surface area contributed by atoms with Crippen LogP contribution < -0.4 is 16.0 Å². The number of hydrogen-bond acceptors (Lipinski definition) is 4. The minimum absolute atomic E-state index is 0. The van der Waals surface area contributed by atoms with Crippen LogP contribution in [0.15, 0.2) is 0 Å². The number of carbonyl (C=O) groups is 1. The second-order valence-electron chi connectivity index (χ2n) is 4.92. The molecule has 0 aliphatic carbocycles. The average Bonchev–Trinajstić information content (AvgIpc) is 2.30. The zero-order valence-corrected chi connectivity index (χ0v) is 12.2. The van der Waals surface area contributed by atoms with Crippen molar-refractivity contribution in [1.29, 1.82) is 0 Å². The molecule has 5 nitrogen and oxygen atoms in total. The Labute approximate surface area is 115 Å². The molecule has 18 heavy (non-hydrogen) atoms. The number of hydrogen-bond donors (Lipinski definition) is 3. The molecule has 3 N–H and O–H groups in total. The first kappa shape index (κ1) is 17.4. The standard InChI is InChI=1S/C13H29N3O2.3H2/c1-11(2)13(17)16-8-10-18-9-7-14-5-6-15-12(3)4;;;/h11-12,14-15H,5-10H2,1-4H3,(H,16,17);3*1H. The molecule has 0 atom stereocenters. The summed E-state index contributed by atoms with van der Waals surface area (Å²) in [5.41, 5.74) is 0. The number of ether oxygens (including phenoxy) is 1. The molecule has 0 fully saturated rings. The van der Waals surface area contributed by atoms with Gasteiger partial charge in [-0.05, 0) is 0 Å². The Morgan fingerprint density at radius 3 is 2.33 bits per heavy atom. The lowest BCUT2D eigenvalue weighted by molar-refractivity contribution is -0.124. The van der Waals surface area contributed by atoms with Gasteiger partial charge in [0, 0.05) is 42.4 Å². The van der Waals surface area contributed by atoms with E-state index in [1.807, 2.05) is 13.8 Å². The lowest BCUT2D eigenvalue weighted by Crippen LogP contribution is -2.34. The first-order chi connectivity index (χ1) is 8.54. The second-order valence-corrected chi connectivity index (χ2v) is 4.92. The van der Waals surface area contributed by atoms with Crippen molar-refractivity contribution in [3.8, 4) is 0 Å². The van der Waals surface area contributed by atoms with Crippen LogP contribution in [0.5, 0.6) is 0 Å². The highest BCUT2D eigenvalue weighted by Gasteiger charge is 2.04. The Morgan fingerprint density at radius 2 is 1.72 bits per heavy atom. The summed E-state index contributed by atoms with van der Waals surface area (Å²) in [5, 5.41) is 9.42. The van der Waals surface area contributed by atoms with E-state index in [-0.39, 0.29) is 16.1 Å². The van der Waals surface area contributed by atoms with Crippen molar-refractivity contribution < 1.29 is 13.8 Å². The molecule has 0 saturated heterocycles. The third-order valence-corrected chi connectivity index (χ3v) is 2.35. The third kappa shape index (κ3) is 11.8. The van der Waals surface area contributed by atoms with Crippen LogP contribution in [0.1, 0.15) is 32.0 Å². The van der Waals surface area contributed by atoms with Crippen LogP contribution in [-0.4, -0.2) is 51.3 Å². The Morgan fingerprint density at radius 1 is 1.06 bits per heavy atom. The van der Waals surface area contributed by atoms with Crippen LogP contribution in [0.3, 0.4) is 0 Å². The molecule has 0 aliphatic heterocycles. The number of amides is 1. The van der Waals surface area contributed by atoms with Crippen molar-refractivity contribution in [2.75, 3.05) is 39.4 Å². The molecule has 0 bridgehead atoms. The van der Waals surface area contributed by atoms with Crippen molar-refractivity contribution in [1.82, 2.24) is 16.0 Å². The highest BCUT2D eigenvalue weighted by Crippen LogP contribution is 1.89. The van der Waals surface area contributed by atoms with Gasteiger partial charge in [-0.2, -0.15) is 0 Å². The summed E-state index contributed by atoms with van der Waals surface area (Å²) in [6, 6.07) is 0.535. The fourth-order valence-electron chi connectivity index (χ4n) is 1.27. The van der Waals surface area contributed by atoms with E-state index >= 15 is 0 Å². The maximum atomic E-state index is 11.2. The molecule has 1 amide bonds. The molecule has 0 saturated carbocycles. The average molecular weight is 265 g/mol. The Hall–Kier alpha value is -0.650. The molecule has 0 aromatic rings. The third-order valence-electron chi connectivity index (χ3n) is 2.35. The summed E-state index contributed by atoms with van der Waals surface area (Å²) in [4.78, 5) is 11.2. The van der Waals surface area contributed by atoms with Crippen molar-refractivity contribution in [3.05, 3.63) is 0 Å². The largest absolute Gasteiger partial charge is 0.378 e. The summed E-state index contributed by atoms with van der Waals surface area (Å²) in [5.74, 6) is 0.122. The predicted molar refractivity (Wildman–Crippen MR) is 81.0 cm³/mol. The van der Waals surface area contributed by atoms with Gasteiger partial charge in [-0.25, -0.2) is 0 Å².